The van der Waals surface area contributed by atoms with E-state index in [1.54, 1.807) is 76.8 Å². The number of rotatable bonds is 12. The van der Waals surface area contributed by atoms with Crippen molar-refractivity contribution in [1.29, 1.82) is 0 Å². The summed E-state index contributed by atoms with van der Waals surface area (Å²) in [6.45, 7) is 3.28. The fourth-order valence-electron chi connectivity index (χ4n) is 4.69. The molecule has 1 heterocycles. The molecule has 1 fully saturated rings. The van der Waals surface area contributed by atoms with Crippen molar-refractivity contribution in [2.75, 3.05) is 62.3 Å². The number of carbonyl (C=O) groups excluding carboxylic acids is 2. The van der Waals surface area contributed by atoms with Crippen molar-refractivity contribution in [2.24, 2.45) is 0 Å². The van der Waals surface area contributed by atoms with Gasteiger partial charge in [-0.3, -0.25) is 9.59 Å². The van der Waals surface area contributed by atoms with Crippen LogP contribution in [0.4, 0.5) is 0 Å². The maximum atomic E-state index is 12.9. The molecule has 1 aliphatic heterocycles. The molecule has 1 saturated heterocycles. The van der Waals surface area contributed by atoms with Gasteiger partial charge in [-0.2, -0.15) is 0 Å². The van der Waals surface area contributed by atoms with Crippen LogP contribution >= 0.6 is 0 Å². The molecule has 230 valence electrons. The predicted molar refractivity (Wildman–Crippen MR) is 166 cm³/mol. The third-order valence-electron chi connectivity index (χ3n) is 6.87. The van der Waals surface area contributed by atoms with Crippen LogP contribution < -0.4 is 28.4 Å². The molecule has 0 spiro atoms. The van der Waals surface area contributed by atoms with Gasteiger partial charge in [-0.15, -0.1) is 0 Å². The molecule has 10 heteroatoms. The minimum Gasteiger partial charge on any atom is -0.493 e. The van der Waals surface area contributed by atoms with Gasteiger partial charge in [0.05, 0.1) is 42.7 Å². The summed E-state index contributed by atoms with van der Waals surface area (Å²) in [6.07, 6.45) is 13.7. The molecular weight excluding hydrogens is 552 g/mol. The molecule has 10 nitrogen and oxygen atoms in total. The number of amides is 2. The molecule has 0 saturated carbocycles. The molecule has 2 amide bonds. The van der Waals surface area contributed by atoms with Crippen LogP contribution in [0.15, 0.2) is 60.7 Å². The van der Waals surface area contributed by atoms with E-state index in [2.05, 4.69) is 0 Å². The van der Waals surface area contributed by atoms with Crippen molar-refractivity contribution < 1.29 is 38.0 Å². The molecule has 1 atom stereocenters. The summed E-state index contributed by atoms with van der Waals surface area (Å²) in [5.74, 6) is 3.00. The Balaban J connectivity index is 1.55. The Labute approximate surface area is 253 Å². The Bertz CT molecular complexity index is 1350. The van der Waals surface area contributed by atoms with E-state index < -0.39 is 0 Å². The van der Waals surface area contributed by atoms with Crippen LogP contribution in [-0.4, -0.2) is 89.9 Å². The number of carbonyl (C=O) groups is 2. The van der Waals surface area contributed by atoms with E-state index in [0.29, 0.717) is 54.1 Å². The Hall–Kier alpha value is -4.86. The average Bonchev–Trinajstić information content (AvgIpc) is 3.03. The monoisotopic (exact) mass is 592 g/mol. The summed E-state index contributed by atoms with van der Waals surface area (Å²) in [5.41, 5.74) is 1.66. The van der Waals surface area contributed by atoms with Crippen molar-refractivity contribution in [1.82, 2.24) is 9.80 Å². The van der Waals surface area contributed by atoms with E-state index in [-0.39, 0.29) is 17.9 Å². The number of ether oxygens (including phenoxy) is 6. The van der Waals surface area contributed by atoms with Crippen molar-refractivity contribution in [2.45, 2.75) is 13.0 Å². The van der Waals surface area contributed by atoms with Gasteiger partial charge in [0.1, 0.15) is 0 Å². The van der Waals surface area contributed by atoms with Crippen LogP contribution in [-0.2, 0) is 9.59 Å². The number of hydrogen-bond donors (Lipinski definition) is 0. The van der Waals surface area contributed by atoms with Gasteiger partial charge in [-0.05, 0) is 42.3 Å². The minimum atomic E-state index is -0.128. The Morgan fingerprint density at radius 3 is 1.42 bits per heavy atom. The number of nitrogens with zero attached hydrogens (tertiary/aromatic N) is 2. The van der Waals surface area contributed by atoms with E-state index in [9.17, 15) is 9.59 Å². The van der Waals surface area contributed by atoms with Crippen molar-refractivity contribution in [3.63, 3.8) is 0 Å². The number of methoxy groups -OCH3 is 6. The first-order valence-corrected chi connectivity index (χ1v) is 13.7. The molecule has 1 unspecified atom stereocenters. The lowest BCUT2D eigenvalue weighted by atomic mass is 10.1. The molecule has 0 aliphatic carbocycles. The van der Waals surface area contributed by atoms with Gasteiger partial charge < -0.3 is 38.2 Å². The van der Waals surface area contributed by atoms with Crippen molar-refractivity contribution in [3.05, 3.63) is 71.8 Å². The molecule has 2 aromatic carbocycles. The lowest BCUT2D eigenvalue weighted by Crippen LogP contribution is -2.54. The van der Waals surface area contributed by atoms with Crippen LogP contribution in [0.3, 0.4) is 0 Å². The summed E-state index contributed by atoms with van der Waals surface area (Å²) >= 11 is 0. The average molecular weight is 593 g/mol. The van der Waals surface area contributed by atoms with Gasteiger partial charge in [0.2, 0.25) is 23.3 Å². The zero-order valence-electron chi connectivity index (χ0n) is 25.8. The third kappa shape index (κ3) is 8.34. The van der Waals surface area contributed by atoms with Gasteiger partial charge in [0.25, 0.3) is 0 Å². The van der Waals surface area contributed by atoms with E-state index in [1.165, 1.54) is 12.2 Å². The van der Waals surface area contributed by atoms with Gasteiger partial charge in [0, 0.05) is 37.8 Å². The minimum absolute atomic E-state index is 0.113. The van der Waals surface area contributed by atoms with E-state index >= 15 is 0 Å². The number of piperazine rings is 1. The highest BCUT2D eigenvalue weighted by atomic mass is 16.5. The first kappa shape index (κ1) is 32.7. The zero-order valence-corrected chi connectivity index (χ0v) is 25.8. The zero-order chi connectivity index (χ0) is 31.4. The smallest absolute Gasteiger partial charge is 0.246 e. The maximum Gasteiger partial charge on any atom is 0.246 e. The second-order valence-corrected chi connectivity index (χ2v) is 9.52. The summed E-state index contributed by atoms with van der Waals surface area (Å²) < 4.78 is 32.2. The molecule has 0 radical (unpaired) electrons. The Morgan fingerprint density at radius 2 is 1.05 bits per heavy atom. The topological polar surface area (TPSA) is 96.0 Å². The lowest BCUT2D eigenvalue weighted by Gasteiger charge is -2.39. The van der Waals surface area contributed by atoms with Crippen molar-refractivity contribution >= 4 is 24.0 Å². The highest BCUT2D eigenvalue weighted by Gasteiger charge is 2.27. The van der Waals surface area contributed by atoms with Gasteiger partial charge >= 0.3 is 0 Å². The molecule has 1 aliphatic rings. The quantitative estimate of drug-likeness (QED) is 0.260. The largest absolute Gasteiger partial charge is 0.493 e. The van der Waals surface area contributed by atoms with Crippen LogP contribution in [0.5, 0.6) is 34.5 Å². The summed E-state index contributed by atoms with van der Waals surface area (Å²) in [6, 6.07) is 7.16. The molecule has 3 rings (SSSR count). The van der Waals surface area contributed by atoms with Gasteiger partial charge in [0.15, 0.2) is 23.0 Å². The number of allylic oxidation sites excluding steroid dienone is 4. The van der Waals surface area contributed by atoms with Gasteiger partial charge in [-0.1, -0.05) is 36.5 Å². The lowest BCUT2D eigenvalue weighted by molar-refractivity contribution is -0.136. The summed E-state index contributed by atoms with van der Waals surface area (Å²) in [4.78, 5) is 29.2. The fourth-order valence-corrected chi connectivity index (χ4v) is 4.69. The molecule has 0 bridgehead atoms. The number of hydrogen-bond acceptors (Lipinski definition) is 8. The Kier molecular flexibility index (Phi) is 12.1. The predicted octanol–water partition coefficient (Wildman–Crippen LogP) is 4.64. The first-order valence-electron chi connectivity index (χ1n) is 13.7. The highest BCUT2D eigenvalue weighted by Crippen LogP contribution is 2.39. The van der Waals surface area contributed by atoms with Crippen LogP contribution in [0.25, 0.3) is 12.2 Å². The molecule has 43 heavy (non-hydrogen) atoms. The molecule has 2 aromatic rings. The fraction of sp³-hybridized carbons (Fsp3) is 0.333. The molecule has 0 N–H and O–H groups in total. The molecular formula is C33H40N2O8. The van der Waals surface area contributed by atoms with E-state index in [0.717, 1.165) is 11.1 Å². The van der Waals surface area contributed by atoms with Gasteiger partial charge in [-0.25, -0.2) is 0 Å². The second kappa shape index (κ2) is 16.0. The first-order chi connectivity index (χ1) is 20.8. The maximum absolute atomic E-state index is 12.9. The normalized spacial score (nSPS) is 15.5. The van der Waals surface area contributed by atoms with E-state index in [1.807, 2.05) is 43.3 Å². The standard InChI is InChI=1S/C33H40N2O8/c1-23-22-34(30(36)14-10-8-12-24-18-26(38-2)32(42-6)27(19-24)39-3)16-17-35(23)31(37)15-11-9-13-25-20-28(40-4)33(43-7)29(21-25)41-5/h8-15,18-21,23H,16-17,22H2,1-7H3/b12-8+,13-9+,14-10+,15-11+. The van der Waals surface area contributed by atoms with Crippen LogP contribution in [0, 0.1) is 0 Å². The Morgan fingerprint density at radius 1 is 0.628 bits per heavy atom. The van der Waals surface area contributed by atoms with Crippen LogP contribution in [0.1, 0.15) is 18.1 Å². The summed E-state index contributed by atoms with van der Waals surface area (Å²) in [5, 5.41) is 0. The summed E-state index contributed by atoms with van der Waals surface area (Å²) in [7, 11) is 9.35. The van der Waals surface area contributed by atoms with Crippen LogP contribution in [0.2, 0.25) is 0 Å². The second-order valence-electron chi connectivity index (χ2n) is 9.52. The van der Waals surface area contributed by atoms with Crippen molar-refractivity contribution in [3.8, 4) is 34.5 Å². The third-order valence-corrected chi connectivity index (χ3v) is 6.87. The number of benzene rings is 2. The van der Waals surface area contributed by atoms with E-state index in [4.69, 9.17) is 28.4 Å². The highest BCUT2D eigenvalue weighted by molar-refractivity contribution is 5.90. The SMILES string of the molecule is COc1cc(/C=C/C=C/C(=O)N2CCN(C(=O)/C=C/C=C/c3cc(OC)c(OC)c(OC)c3)C(C)C2)cc(OC)c1OC. The molecule has 0 aromatic heterocycles.